The third-order valence-corrected chi connectivity index (χ3v) is 6.36. The van der Waals surface area contributed by atoms with Gasteiger partial charge in [-0.05, 0) is 35.7 Å². The van der Waals surface area contributed by atoms with E-state index in [4.69, 9.17) is 9.47 Å². The zero-order valence-electron chi connectivity index (χ0n) is 15.8. The van der Waals surface area contributed by atoms with Gasteiger partial charge in [0.25, 0.3) is 5.56 Å². The van der Waals surface area contributed by atoms with Gasteiger partial charge in [-0.25, -0.2) is 9.37 Å². The Balaban J connectivity index is 1.42. The van der Waals surface area contributed by atoms with Gasteiger partial charge in [0.1, 0.15) is 10.5 Å². The van der Waals surface area contributed by atoms with E-state index in [1.54, 1.807) is 41.8 Å². The summed E-state index contributed by atoms with van der Waals surface area (Å²) in [5.74, 6) is 0.306. The first-order valence-corrected chi connectivity index (χ1v) is 11.0. The maximum absolute atomic E-state index is 14.5. The summed E-state index contributed by atoms with van der Waals surface area (Å²) in [5.41, 5.74) is 0.793. The van der Waals surface area contributed by atoms with Gasteiger partial charge in [0.15, 0.2) is 16.7 Å². The Bertz CT molecular complexity index is 1370. The molecule has 1 aliphatic heterocycles. The highest BCUT2D eigenvalue weighted by molar-refractivity contribution is 7.99. The number of hydrogen-bond acceptors (Lipinski definition) is 7. The lowest BCUT2D eigenvalue weighted by Gasteiger charge is -2.13. The summed E-state index contributed by atoms with van der Waals surface area (Å²) in [6.45, 7) is 0.146. The minimum Gasteiger partial charge on any atom is -0.454 e. The zero-order chi connectivity index (χ0) is 21.4. The van der Waals surface area contributed by atoms with E-state index in [1.807, 2.05) is 0 Å². The number of halogens is 1. The number of thiophene rings is 1. The van der Waals surface area contributed by atoms with E-state index in [-0.39, 0.29) is 34.9 Å². The summed E-state index contributed by atoms with van der Waals surface area (Å²) in [6.07, 6.45) is 0. The molecule has 1 aliphatic rings. The fraction of sp³-hybridized carbons (Fsp3) is 0.0952. The molecule has 4 aromatic rings. The molecule has 31 heavy (non-hydrogen) atoms. The highest BCUT2D eigenvalue weighted by Gasteiger charge is 2.18. The number of benzene rings is 2. The van der Waals surface area contributed by atoms with Gasteiger partial charge in [0.2, 0.25) is 12.7 Å². The van der Waals surface area contributed by atoms with E-state index in [0.717, 1.165) is 11.8 Å². The topological polar surface area (TPSA) is 82.5 Å². The van der Waals surface area contributed by atoms with Crippen LogP contribution in [0.4, 0.5) is 10.1 Å². The molecule has 0 saturated heterocycles. The Kier molecular flexibility index (Phi) is 5.08. The Morgan fingerprint density at radius 3 is 2.90 bits per heavy atom. The molecule has 0 unspecified atom stereocenters. The molecule has 0 radical (unpaired) electrons. The standard InChI is InChI=1S/C21H14FN3O4S2/c22-13-3-1-2-4-15(13)25-20(27)19-14(7-8-30-19)24-21(25)31-10-18(26)23-12-5-6-16-17(9-12)29-11-28-16/h1-9H,10-11H2,(H,23,26). The molecule has 10 heteroatoms. The number of thioether (sulfide) groups is 1. The number of fused-ring (bicyclic) bond motifs is 2. The van der Waals surface area contributed by atoms with Crippen LogP contribution in [0.15, 0.2) is 63.9 Å². The molecule has 0 spiro atoms. The van der Waals surface area contributed by atoms with Crippen molar-refractivity contribution in [2.75, 3.05) is 17.9 Å². The number of ether oxygens (including phenoxy) is 2. The highest BCUT2D eigenvalue weighted by Crippen LogP contribution is 2.34. The number of para-hydroxylation sites is 1. The summed E-state index contributed by atoms with van der Waals surface area (Å²) in [4.78, 5) is 30.0. The average molecular weight is 455 g/mol. The molecule has 3 heterocycles. The number of nitrogens with zero attached hydrogens (tertiary/aromatic N) is 2. The number of carbonyl (C=O) groups is 1. The first-order valence-electron chi connectivity index (χ1n) is 9.17. The molecular formula is C21H14FN3O4S2. The predicted octanol–water partition coefficient (Wildman–Crippen LogP) is 4.05. The second kappa shape index (κ2) is 8.05. The molecule has 0 saturated carbocycles. The van der Waals surface area contributed by atoms with Crippen molar-refractivity contribution in [1.82, 2.24) is 9.55 Å². The maximum atomic E-state index is 14.5. The van der Waals surface area contributed by atoms with E-state index >= 15 is 0 Å². The van der Waals surface area contributed by atoms with Gasteiger partial charge in [-0.1, -0.05) is 23.9 Å². The smallest absolute Gasteiger partial charge is 0.276 e. The van der Waals surface area contributed by atoms with E-state index < -0.39 is 5.82 Å². The minimum absolute atomic E-state index is 0.0228. The van der Waals surface area contributed by atoms with Crippen LogP contribution in [-0.4, -0.2) is 28.0 Å². The van der Waals surface area contributed by atoms with Crippen LogP contribution in [0.3, 0.4) is 0 Å². The van der Waals surface area contributed by atoms with Crippen molar-refractivity contribution in [2.24, 2.45) is 0 Å². The van der Waals surface area contributed by atoms with Gasteiger partial charge in [0.05, 0.1) is 17.0 Å². The third kappa shape index (κ3) is 3.75. The van der Waals surface area contributed by atoms with Gasteiger partial charge in [0, 0.05) is 11.8 Å². The van der Waals surface area contributed by atoms with E-state index in [0.29, 0.717) is 27.4 Å². The van der Waals surface area contributed by atoms with Crippen molar-refractivity contribution in [3.8, 4) is 17.2 Å². The van der Waals surface area contributed by atoms with Crippen molar-refractivity contribution in [3.63, 3.8) is 0 Å². The first-order chi connectivity index (χ1) is 15.1. The van der Waals surface area contributed by atoms with Gasteiger partial charge < -0.3 is 14.8 Å². The Labute approximate surface area is 183 Å². The summed E-state index contributed by atoms with van der Waals surface area (Å²) in [6, 6.07) is 12.8. The zero-order valence-corrected chi connectivity index (χ0v) is 17.5. The third-order valence-electron chi connectivity index (χ3n) is 4.53. The van der Waals surface area contributed by atoms with Crippen LogP contribution in [-0.2, 0) is 4.79 Å². The van der Waals surface area contributed by atoms with Crippen LogP contribution >= 0.6 is 23.1 Å². The largest absolute Gasteiger partial charge is 0.454 e. The lowest BCUT2D eigenvalue weighted by Crippen LogP contribution is -2.23. The van der Waals surface area contributed by atoms with Crippen LogP contribution in [0.25, 0.3) is 15.9 Å². The van der Waals surface area contributed by atoms with Gasteiger partial charge in [-0.3, -0.25) is 14.2 Å². The molecule has 0 fully saturated rings. The van der Waals surface area contributed by atoms with E-state index in [1.165, 1.54) is 28.0 Å². The fourth-order valence-corrected chi connectivity index (χ4v) is 4.70. The Morgan fingerprint density at radius 1 is 1.19 bits per heavy atom. The van der Waals surface area contributed by atoms with Crippen LogP contribution in [0.5, 0.6) is 11.5 Å². The Morgan fingerprint density at radius 2 is 2.03 bits per heavy atom. The second-order valence-corrected chi connectivity index (χ2v) is 8.38. The maximum Gasteiger partial charge on any atom is 0.276 e. The number of rotatable bonds is 5. The van der Waals surface area contributed by atoms with Crippen LogP contribution < -0.4 is 20.3 Å². The molecule has 0 aliphatic carbocycles. The Hall–Kier alpha value is -3.37. The van der Waals surface area contributed by atoms with Crippen LogP contribution in [0.2, 0.25) is 0 Å². The summed E-state index contributed by atoms with van der Waals surface area (Å²) in [7, 11) is 0. The van der Waals surface area contributed by atoms with Crippen molar-refractivity contribution >= 4 is 44.9 Å². The van der Waals surface area contributed by atoms with Gasteiger partial charge in [-0.2, -0.15) is 0 Å². The minimum atomic E-state index is -0.547. The molecule has 156 valence electrons. The number of nitrogens with one attached hydrogen (secondary N) is 1. The van der Waals surface area contributed by atoms with Crippen molar-refractivity contribution in [1.29, 1.82) is 0 Å². The second-order valence-electron chi connectivity index (χ2n) is 6.53. The lowest BCUT2D eigenvalue weighted by atomic mass is 10.3. The number of hydrogen-bond donors (Lipinski definition) is 1. The van der Waals surface area contributed by atoms with Gasteiger partial charge in [-0.15, -0.1) is 11.3 Å². The highest BCUT2D eigenvalue weighted by atomic mass is 32.2. The van der Waals surface area contributed by atoms with E-state index in [2.05, 4.69) is 10.3 Å². The molecule has 7 nitrogen and oxygen atoms in total. The molecule has 1 amide bonds. The fourth-order valence-electron chi connectivity index (χ4n) is 3.14. The number of amides is 1. The quantitative estimate of drug-likeness (QED) is 0.361. The molecule has 1 N–H and O–H groups in total. The van der Waals surface area contributed by atoms with Crippen molar-refractivity contribution < 1.29 is 18.7 Å². The summed E-state index contributed by atoms with van der Waals surface area (Å²) >= 11 is 2.30. The van der Waals surface area contributed by atoms with Gasteiger partial charge >= 0.3 is 0 Å². The van der Waals surface area contributed by atoms with Crippen molar-refractivity contribution in [3.05, 3.63) is 70.1 Å². The normalized spacial score (nSPS) is 12.3. The molecular weight excluding hydrogens is 441 g/mol. The predicted molar refractivity (Wildman–Crippen MR) is 117 cm³/mol. The number of carbonyl (C=O) groups excluding carboxylic acids is 1. The van der Waals surface area contributed by atoms with Crippen LogP contribution in [0, 0.1) is 5.82 Å². The number of anilines is 1. The first kappa shape index (κ1) is 19.6. The molecule has 5 rings (SSSR count). The molecule has 0 bridgehead atoms. The number of aromatic nitrogens is 2. The molecule has 2 aromatic heterocycles. The van der Waals surface area contributed by atoms with Crippen LogP contribution in [0.1, 0.15) is 0 Å². The average Bonchev–Trinajstić information content (AvgIpc) is 3.42. The lowest BCUT2D eigenvalue weighted by molar-refractivity contribution is -0.113. The summed E-state index contributed by atoms with van der Waals surface area (Å²) in [5, 5.41) is 4.77. The molecule has 0 atom stereocenters. The monoisotopic (exact) mass is 455 g/mol. The summed E-state index contributed by atoms with van der Waals surface area (Å²) < 4.78 is 26.7. The van der Waals surface area contributed by atoms with Crippen molar-refractivity contribution in [2.45, 2.75) is 5.16 Å². The SMILES string of the molecule is O=C(CSc1nc2ccsc2c(=O)n1-c1ccccc1F)Nc1ccc2c(c1)OCO2. The van der Waals surface area contributed by atoms with E-state index in [9.17, 15) is 14.0 Å². The molecule has 2 aromatic carbocycles.